The van der Waals surface area contributed by atoms with Gasteiger partial charge in [-0.1, -0.05) is 36.4 Å². The van der Waals surface area contributed by atoms with Crippen LogP contribution in [0.15, 0.2) is 48.5 Å². The third-order valence-electron chi connectivity index (χ3n) is 3.13. The number of halogens is 1. The second-order valence-electron chi connectivity index (χ2n) is 4.68. The molecule has 0 spiro atoms. The Morgan fingerprint density at radius 3 is 2.57 bits per heavy atom. The first-order valence-electron chi connectivity index (χ1n) is 7.00. The topological polar surface area (TPSA) is 44.5 Å². The quantitative estimate of drug-likeness (QED) is 0.849. The van der Waals surface area contributed by atoms with Gasteiger partial charge in [-0.3, -0.25) is 0 Å². The van der Waals surface area contributed by atoms with Crippen LogP contribution in [-0.4, -0.2) is 13.2 Å². The Kier molecular flexibility index (Phi) is 5.72. The number of ether oxygens (including phenoxy) is 2. The van der Waals surface area contributed by atoms with Crippen molar-refractivity contribution < 1.29 is 13.9 Å². The van der Waals surface area contributed by atoms with Gasteiger partial charge in [0.2, 0.25) is 0 Å². The lowest BCUT2D eigenvalue weighted by atomic mass is 10.1. The van der Waals surface area contributed by atoms with Gasteiger partial charge in [-0.2, -0.15) is 0 Å². The third-order valence-corrected chi connectivity index (χ3v) is 3.13. The van der Waals surface area contributed by atoms with E-state index >= 15 is 0 Å². The highest BCUT2D eigenvalue weighted by Crippen LogP contribution is 2.24. The van der Waals surface area contributed by atoms with E-state index in [0.717, 1.165) is 11.3 Å². The smallest absolute Gasteiger partial charge is 0.128 e. The van der Waals surface area contributed by atoms with Crippen LogP contribution in [0, 0.1) is 5.82 Å². The second kappa shape index (κ2) is 7.76. The van der Waals surface area contributed by atoms with Gasteiger partial charge in [-0.05, 0) is 19.1 Å². The predicted molar refractivity (Wildman–Crippen MR) is 80.6 cm³/mol. The SMILES string of the molecule is CCOc1ccccc1C(N)COCc1ccccc1F. The number of rotatable bonds is 7. The van der Waals surface area contributed by atoms with Crippen molar-refractivity contribution in [3.05, 3.63) is 65.5 Å². The maximum absolute atomic E-state index is 13.5. The van der Waals surface area contributed by atoms with Crippen molar-refractivity contribution in [2.45, 2.75) is 19.6 Å². The standard InChI is InChI=1S/C17H20FNO2/c1-2-21-17-10-6-4-8-14(17)16(19)12-20-11-13-7-3-5-9-15(13)18/h3-10,16H,2,11-12,19H2,1H3. The minimum atomic E-state index is -0.306. The minimum absolute atomic E-state index is 0.206. The highest BCUT2D eigenvalue weighted by atomic mass is 19.1. The predicted octanol–water partition coefficient (Wildman–Crippen LogP) is 3.44. The molecule has 1 unspecified atom stereocenters. The molecule has 4 heteroatoms. The Labute approximate surface area is 124 Å². The molecule has 3 nitrogen and oxygen atoms in total. The van der Waals surface area contributed by atoms with E-state index in [2.05, 4.69) is 0 Å². The van der Waals surface area contributed by atoms with E-state index in [-0.39, 0.29) is 18.5 Å². The van der Waals surface area contributed by atoms with Gasteiger partial charge >= 0.3 is 0 Å². The van der Waals surface area contributed by atoms with E-state index in [0.29, 0.717) is 18.8 Å². The van der Waals surface area contributed by atoms with Gasteiger partial charge in [0.25, 0.3) is 0 Å². The molecule has 0 aliphatic carbocycles. The van der Waals surface area contributed by atoms with E-state index in [1.165, 1.54) is 6.07 Å². The fourth-order valence-corrected chi connectivity index (χ4v) is 2.07. The Morgan fingerprint density at radius 2 is 1.81 bits per heavy atom. The van der Waals surface area contributed by atoms with Gasteiger partial charge in [0.1, 0.15) is 11.6 Å². The summed E-state index contributed by atoms with van der Waals surface area (Å²) in [5, 5.41) is 0. The zero-order valence-electron chi connectivity index (χ0n) is 12.1. The van der Waals surface area contributed by atoms with Crippen molar-refractivity contribution in [3.8, 4) is 5.75 Å². The van der Waals surface area contributed by atoms with Crippen molar-refractivity contribution in [2.75, 3.05) is 13.2 Å². The molecule has 2 aromatic rings. The van der Waals surface area contributed by atoms with Crippen LogP contribution >= 0.6 is 0 Å². The van der Waals surface area contributed by atoms with Gasteiger partial charge < -0.3 is 15.2 Å². The molecule has 112 valence electrons. The fraction of sp³-hybridized carbons (Fsp3) is 0.294. The monoisotopic (exact) mass is 289 g/mol. The summed E-state index contributed by atoms with van der Waals surface area (Å²) >= 11 is 0. The van der Waals surface area contributed by atoms with Crippen LogP contribution < -0.4 is 10.5 Å². The molecule has 2 rings (SSSR count). The van der Waals surface area contributed by atoms with Crippen LogP contribution in [0.3, 0.4) is 0 Å². The van der Waals surface area contributed by atoms with Gasteiger partial charge in [0, 0.05) is 11.1 Å². The van der Waals surface area contributed by atoms with E-state index in [9.17, 15) is 4.39 Å². The number of benzene rings is 2. The molecule has 0 bridgehead atoms. The molecule has 21 heavy (non-hydrogen) atoms. The molecule has 0 heterocycles. The molecule has 0 amide bonds. The fourth-order valence-electron chi connectivity index (χ4n) is 2.07. The first-order chi connectivity index (χ1) is 10.2. The lowest BCUT2D eigenvalue weighted by Crippen LogP contribution is -2.18. The van der Waals surface area contributed by atoms with Gasteiger partial charge in [0.05, 0.1) is 25.9 Å². The van der Waals surface area contributed by atoms with Crippen molar-refractivity contribution in [1.29, 1.82) is 0 Å². The zero-order valence-corrected chi connectivity index (χ0v) is 12.1. The summed E-state index contributed by atoms with van der Waals surface area (Å²) in [5.41, 5.74) is 7.56. The minimum Gasteiger partial charge on any atom is -0.494 e. The van der Waals surface area contributed by atoms with Crippen molar-refractivity contribution >= 4 is 0 Å². The second-order valence-corrected chi connectivity index (χ2v) is 4.68. The van der Waals surface area contributed by atoms with E-state index < -0.39 is 0 Å². The van der Waals surface area contributed by atoms with Gasteiger partial charge in [-0.15, -0.1) is 0 Å². The summed E-state index contributed by atoms with van der Waals surface area (Å²) in [6.07, 6.45) is 0. The summed E-state index contributed by atoms with van der Waals surface area (Å²) in [6, 6.07) is 13.9. The Bertz CT molecular complexity index is 574. The number of para-hydroxylation sites is 1. The van der Waals surface area contributed by atoms with Crippen molar-refractivity contribution in [1.82, 2.24) is 0 Å². The summed E-state index contributed by atoms with van der Waals surface area (Å²) in [4.78, 5) is 0. The summed E-state index contributed by atoms with van der Waals surface area (Å²) < 4.78 is 24.5. The van der Waals surface area contributed by atoms with Gasteiger partial charge in [0.15, 0.2) is 0 Å². The van der Waals surface area contributed by atoms with Crippen LogP contribution in [-0.2, 0) is 11.3 Å². The molecule has 0 fully saturated rings. The molecular formula is C17H20FNO2. The molecule has 0 aliphatic heterocycles. The molecule has 0 saturated carbocycles. The summed E-state index contributed by atoms with van der Waals surface area (Å²) in [6.45, 7) is 3.02. The number of hydrogen-bond acceptors (Lipinski definition) is 3. The zero-order chi connectivity index (χ0) is 15.1. The largest absolute Gasteiger partial charge is 0.494 e. The molecule has 0 radical (unpaired) electrons. The number of nitrogens with two attached hydrogens (primary N) is 1. The third kappa shape index (κ3) is 4.28. The maximum Gasteiger partial charge on any atom is 0.128 e. The van der Waals surface area contributed by atoms with E-state index in [1.807, 2.05) is 31.2 Å². The Hall–Kier alpha value is -1.91. The van der Waals surface area contributed by atoms with Crippen LogP contribution in [0.25, 0.3) is 0 Å². The molecular weight excluding hydrogens is 269 g/mol. The first kappa shape index (κ1) is 15.5. The molecule has 2 N–H and O–H groups in total. The highest BCUT2D eigenvalue weighted by molar-refractivity contribution is 5.35. The maximum atomic E-state index is 13.5. The molecule has 1 atom stereocenters. The van der Waals surface area contributed by atoms with Crippen LogP contribution in [0.4, 0.5) is 4.39 Å². The normalized spacial score (nSPS) is 12.1. The first-order valence-corrected chi connectivity index (χ1v) is 7.00. The average molecular weight is 289 g/mol. The van der Waals surface area contributed by atoms with Crippen LogP contribution in [0.1, 0.15) is 24.1 Å². The summed E-state index contributed by atoms with van der Waals surface area (Å²) in [7, 11) is 0. The molecule has 0 aliphatic rings. The van der Waals surface area contributed by atoms with Crippen molar-refractivity contribution in [3.63, 3.8) is 0 Å². The number of hydrogen-bond donors (Lipinski definition) is 1. The highest BCUT2D eigenvalue weighted by Gasteiger charge is 2.12. The van der Waals surface area contributed by atoms with Crippen molar-refractivity contribution in [2.24, 2.45) is 5.73 Å². The van der Waals surface area contributed by atoms with E-state index in [1.54, 1.807) is 18.2 Å². The molecule has 2 aromatic carbocycles. The van der Waals surface area contributed by atoms with Crippen LogP contribution in [0.5, 0.6) is 5.75 Å². The molecule has 0 aromatic heterocycles. The molecule has 0 saturated heterocycles. The van der Waals surface area contributed by atoms with Gasteiger partial charge in [-0.25, -0.2) is 4.39 Å². The lowest BCUT2D eigenvalue weighted by Gasteiger charge is -2.16. The van der Waals surface area contributed by atoms with E-state index in [4.69, 9.17) is 15.2 Å². The van der Waals surface area contributed by atoms with Crippen LogP contribution in [0.2, 0.25) is 0 Å². The Balaban J connectivity index is 1.93. The lowest BCUT2D eigenvalue weighted by molar-refractivity contribution is 0.105. The Morgan fingerprint density at radius 1 is 1.10 bits per heavy atom. The average Bonchev–Trinajstić information content (AvgIpc) is 2.50. The summed E-state index contributed by atoms with van der Waals surface area (Å²) in [5.74, 6) is 0.503.